The molecule has 124 valence electrons. The van der Waals surface area contributed by atoms with E-state index >= 15 is 0 Å². The van der Waals surface area contributed by atoms with Crippen LogP contribution in [0.2, 0.25) is 0 Å². The van der Waals surface area contributed by atoms with Gasteiger partial charge < -0.3 is 20.1 Å². The van der Waals surface area contributed by atoms with E-state index in [2.05, 4.69) is 10.6 Å². The van der Waals surface area contributed by atoms with Crippen LogP contribution in [-0.4, -0.2) is 25.2 Å². The number of anilines is 1. The molecule has 7 heteroatoms. The van der Waals surface area contributed by atoms with Gasteiger partial charge >= 0.3 is 0 Å². The Balaban J connectivity index is 1.49. The molecule has 0 spiro atoms. The summed E-state index contributed by atoms with van der Waals surface area (Å²) in [6.07, 6.45) is -0.121. The first-order chi connectivity index (χ1) is 11.6. The molecule has 0 aliphatic carbocycles. The maximum absolute atomic E-state index is 13.5. The monoisotopic (exact) mass is 330 g/mol. The van der Waals surface area contributed by atoms with Crippen LogP contribution >= 0.6 is 0 Å². The van der Waals surface area contributed by atoms with Crippen molar-refractivity contribution < 1.29 is 23.5 Å². The summed E-state index contributed by atoms with van der Waals surface area (Å²) in [6.45, 7) is -0.0550. The summed E-state index contributed by atoms with van der Waals surface area (Å²) in [5, 5.41) is 5.10. The van der Waals surface area contributed by atoms with E-state index in [1.165, 1.54) is 12.1 Å². The average molecular weight is 330 g/mol. The molecule has 0 fully saturated rings. The van der Waals surface area contributed by atoms with Crippen LogP contribution < -0.4 is 20.1 Å². The van der Waals surface area contributed by atoms with E-state index < -0.39 is 17.6 Å². The lowest BCUT2D eigenvalue weighted by molar-refractivity contribution is -0.123. The van der Waals surface area contributed by atoms with Crippen LogP contribution in [0.15, 0.2) is 42.5 Å². The second-order valence-corrected chi connectivity index (χ2v) is 5.16. The zero-order valence-electron chi connectivity index (χ0n) is 12.7. The molecule has 0 saturated carbocycles. The van der Waals surface area contributed by atoms with Gasteiger partial charge in [-0.25, -0.2) is 4.39 Å². The van der Waals surface area contributed by atoms with Crippen molar-refractivity contribution in [3.05, 3.63) is 53.8 Å². The summed E-state index contributed by atoms with van der Waals surface area (Å²) < 4.78 is 23.9. The van der Waals surface area contributed by atoms with Gasteiger partial charge in [-0.1, -0.05) is 18.2 Å². The van der Waals surface area contributed by atoms with Crippen molar-refractivity contribution in [1.29, 1.82) is 0 Å². The minimum absolute atomic E-state index is 0.121. The number of rotatable bonds is 5. The van der Waals surface area contributed by atoms with Gasteiger partial charge in [0, 0.05) is 11.8 Å². The zero-order chi connectivity index (χ0) is 16.9. The second-order valence-electron chi connectivity index (χ2n) is 5.16. The number of nitrogens with one attached hydrogen (secondary N) is 2. The molecule has 1 heterocycles. The highest BCUT2D eigenvalue weighted by Gasteiger charge is 2.14. The molecular weight excluding hydrogens is 315 g/mol. The predicted octanol–water partition coefficient (Wildman–Crippen LogP) is 1.85. The molecule has 6 nitrogen and oxygen atoms in total. The van der Waals surface area contributed by atoms with Crippen LogP contribution in [-0.2, 0) is 16.0 Å². The van der Waals surface area contributed by atoms with E-state index in [-0.39, 0.29) is 25.3 Å². The largest absolute Gasteiger partial charge is 0.454 e. The fourth-order valence-electron chi connectivity index (χ4n) is 2.24. The Hall–Kier alpha value is -3.09. The zero-order valence-corrected chi connectivity index (χ0v) is 12.7. The van der Waals surface area contributed by atoms with Crippen LogP contribution in [0.25, 0.3) is 0 Å². The second kappa shape index (κ2) is 6.99. The van der Waals surface area contributed by atoms with Gasteiger partial charge in [-0.05, 0) is 23.8 Å². The lowest BCUT2D eigenvalue weighted by atomic mass is 10.1. The first-order valence-corrected chi connectivity index (χ1v) is 7.31. The van der Waals surface area contributed by atoms with Crippen molar-refractivity contribution in [2.75, 3.05) is 18.7 Å². The Labute approximate surface area is 137 Å². The van der Waals surface area contributed by atoms with E-state index in [0.29, 0.717) is 17.2 Å². The Morgan fingerprint density at radius 1 is 1.04 bits per heavy atom. The predicted molar refractivity (Wildman–Crippen MR) is 84.3 cm³/mol. The van der Waals surface area contributed by atoms with Gasteiger partial charge in [-0.2, -0.15) is 0 Å². The molecular formula is C17H15FN2O4. The maximum Gasteiger partial charge on any atom is 0.243 e. The molecule has 2 N–H and O–H groups in total. The third-order valence-electron chi connectivity index (χ3n) is 3.41. The molecule has 1 aliphatic heterocycles. The lowest BCUT2D eigenvalue weighted by Crippen LogP contribution is -2.33. The molecule has 2 amide bonds. The lowest BCUT2D eigenvalue weighted by Gasteiger charge is -2.08. The minimum Gasteiger partial charge on any atom is -0.454 e. The van der Waals surface area contributed by atoms with E-state index in [9.17, 15) is 14.0 Å². The molecule has 0 atom stereocenters. The molecule has 3 rings (SSSR count). The Morgan fingerprint density at radius 3 is 2.67 bits per heavy atom. The van der Waals surface area contributed by atoms with Crippen molar-refractivity contribution >= 4 is 17.5 Å². The number of hydrogen-bond acceptors (Lipinski definition) is 4. The topological polar surface area (TPSA) is 76.7 Å². The number of benzene rings is 2. The molecule has 0 aromatic heterocycles. The number of hydrogen-bond donors (Lipinski definition) is 2. The van der Waals surface area contributed by atoms with Gasteiger partial charge in [0.1, 0.15) is 5.82 Å². The van der Waals surface area contributed by atoms with Gasteiger partial charge in [0.05, 0.1) is 13.0 Å². The third-order valence-corrected chi connectivity index (χ3v) is 3.41. The summed E-state index contributed by atoms with van der Waals surface area (Å²) in [5.41, 5.74) is 0.818. The molecule has 0 radical (unpaired) electrons. The standard InChI is InChI=1S/C17H15FN2O4/c18-13-4-2-1-3-11(13)7-16(21)19-9-17(22)20-12-5-6-14-15(8-12)24-10-23-14/h1-6,8H,7,9-10H2,(H,19,21)(H,20,22). The molecule has 1 aliphatic rings. The number of halogens is 1. The van der Waals surface area contributed by atoms with Gasteiger partial charge in [-0.3, -0.25) is 9.59 Å². The highest BCUT2D eigenvalue weighted by atomic mass is 19.1. The number of ether oxygens (including phenoxy) is 2. The van der Waals surface area contributed by atoms with Gasteiger partial charge in [0.15, 0.2) is 11.5 Å². The van der Waals surface area contributed by atoms with Crippen molar-refractivity contribution in [3.8, 4) is 11.5 Å². The van der Waals surface area contributed by atoms with Crippen LogP contribution in [0.3, 0.4) is 0 Å². The Kier molecular flexibility index (Phi) is 4.60. The van der Waals surface area contributed by atoms with Gasteiger partial charge in [0.25, 0.3) is 0 Å². The quantitative estimate of drug-likeness (QED) is 0.877. The van der Waals surface area contributed by atoms with Gasteiger partial charge in [0.2, 0.25) is 18.6 Å². The number of amides is 2. The normalized spacial score (nSPS) is 11.9. The van der Waals surface area contributed by atoms with Crippen LogP contribution in [0.1, 0.15) is 5.56 Å². The Morgan fingerprint density at radius 2 is 1.83 bits per heavy atom. The molecule has 0 saturated heterocycles. The number of fused-ring (bicyclic) bond motifs is 1. The smallest absolute Gasteiger partial charge is 0.243 e. The SMILES string of the molecule is O=C(Cc1ccccc1F)NCC(=O)Nc1ccc2c(c1)OCO2. The molecule has 0 unspecified atom stereocenters. The average Bonchev–Trinajstić information content (AvgIpc) is 3.03. The molecule has 2 aromatic rings. The third kappa shape index (κ3) is 3.81. The van der Waals surface area contributed by atoms with E-state index in [1.54, 1.807) is 30.3 Å². The van der Waals surface area contributed by atoms with Crippen LogP contribution in [0.5, 0.6) is 11.5 Å². The van der Waals surface area contributed by atoms with Crippen molar-refractivity contribution in [3.63, 3.8) is 0 Å². The summed E-state index contributed by atoms with van der Waals surface area (Å²) in [7, 11) is 0. The summed E-state index contributed by atoms with van der Waals surface area (Å²) in [5.74, 6) is -0.100. The summed E-state index contributed by atoms with van der Waals surface area (Å²) in [4.78, 5) is 23.6. The first-order valence-electron chi connectivity index (χ1n) is 7.31. The molecule has 2 aromatic carbocycles. The van der Waals surface area contributed by atoms with E-state index in [1.807, 2.05) is 0 Å². The first kappa shape index (κ1) is 15.8. The van der Waals surface area contributed by atoms with E-state index in [4.69, 9.17) is 9.47 Å². The number of carbonyl (C=O) groups excluding carboxylic acids is 2. The van der Waals surface area contributed by atoms with Gasteiger partial charge in [-0.15, -0.1) is 0 Å². The van der Waals surface area contributed by atoms with Crippen molar-refractivity contribution in [1.82, 2.24) is 5.32 Å². The highest BCUT2D eigenvalue weighted by molar-refractivity contribution is 5.95. The fourth-order valence-corrected chi connectivity index (χ4v) is 2.24. The highest BCUT2D eigenvalue weighted by Crippen LogP contribution is 2.34. The van der Waals surface area contributed by atoms with Crippen molar-refractivity contribution in [2.45, 2.75) is 6.42 Å². The summed E-state index contributed by atoms with van der Waals surface area (Å²) in [6, 6.07) is 11.0. The van der Waals surface area contributed by atoms with Crippen molar-refractivity contribution in [2.24, 2.45) is 0 Å². The van der Waals surface area contributed by atoms with Crippen LogP contribution in [0.4, 0.5) is 10.1 Å². The van der Waals surface area contributed by atoms with Crippen LogP contribution in [0, 0.1) is 5.82 Å². The summed E-state index contributed by atoms with van der Waals surface area (Å²) >= 11 is 0. The van der Waals surface area contributed by atoms with E-state index in [0.717, 1.165) is 0 Å². The minimum atomic E-state index is -0.447. The maximum atomic E-state index is 13.5. The fraction of sp³-hybridized carbons (Fsp3) is 0.176. The number of carbonyl (C=O) groups is 2. The molecule has 0 bridgehead atoms. The Bertz CT molecular complexity index is 779. The molecule has 24 heavy (non-hydrogen) atoms.